The van der Waals surface area contributed by atoms with Gasteiger partial charge in [0.15, 0.2) is 0 Å². The molecule has 0 aliphatic carbocycles. The van der Waals surface area contributed by atoms with Crippen LogP contribution in [0.4, 0.5) is 17.1 Å². The molecule has 2 aromatic rings. The maximum Gasteiger partial charge on any atom is 0.285 e. The highest BCUT2D eigenvalue weighted by molar-refractivity contribution is 9.10. The van der Waals surface area contributed by atoms with Gasteiger partial charge in [-0.25, -0.2) is 0 Å². The van der Waals surface area contributed by atoms with E-state index in [2.05, 4.69) is 37.2 Å². The number of nitrogens with one attached hydrogen (secondary N) is 1. The Kier molecular flexibility index (Phi) is 4.59. The van der Waals surface area contributed by atoms with Crippen LogP contribution in [0.25, 0.3) is 0 Å². The number of hydrogen-bond acceptors (Lipinski definition) is 4. The minimum absolute atomic E-state index is 0.124. The van der Waals surface area contributed by atoms with Gasteiger partial charge in [-0.05, 0) is 46.3 Å². The topological polar surface area (TPSA) is 98.3 Å². The zero-order valence-electron chi connectivity index (χ0n) is 10.5. The largest absolute Gasteiger partial charge is 0.399 e. The van der Waals surface area contributed by atoms with Crippen LogP contribution < -0.4 is 11.1 Å². The first-order valence-electron chi connectivity index (χ1n) is 5.68. The van der Waals surface area contributed by atoms with E-state index in [4.69, 9.17) is 5.73 Å². The molecule has 0 unspecified atom stereocenters. The van der Waals surface area contributed by atoms with E-state index in [0.29, 0.717) is 25.9 Å². The van der Waals surface area contributed by atoms with Crippen LogP contribution in [-0.4, -0.2) is 10.8 Å². The number of carbonyl (C=O) groups is 1. The lowest BCUT2D eigenvalue weighted by Crippen LogP contribution is -2.12. The minimum Gasteiger partial charge on any atom is -0.399 e. The van der Waals surface area contributed by atoms with Gasteiger partial charge < -0.3 is 11.1 Å². The van der Waals surface area contributed by atoms with Crippen molar-refractivity contribution in [3.8, 4) is 0 Å². The minimum atomic E-state index is -0.531. The van der Waals surface area contributed by atoms with E-state index in [9.17, 15) is 14.9 Å². The fourth-order valence-electron chi connectivity index (χ4n) is 1.68. The van der Waals surface area contributed by atoms with Crippen molar-refractivity contribution in [3.63, 3.8) is 0 Å². The first-order chi connectivity index (χ1) is 9.86. The molecule has 21 heavy (non-hydrogen) atoms. The predicted molar refractivity (Wildman–Crippen MR) is 87.3 cm³/mol. The monoisotopic (exact) mass is 413 g/mol. The zero-order chi connectivity index (χ0) is 15.6. The number of carbonyl (C=O) groups excluding carboxylic acids is 1. The standard InChI is InChI=1S/C13H9Br2N3O3/c14-8-3-7(4-9(16)5-8)13(19)17-10-1-2-11(15)12(6-10)18(20)21/h1-6H,16H2,(H,17,19). The Morgan fingerprint density at radius 1 is 1.19 bits per heavy atom. The molecule has 0 atom stereocenters. The Morgan fingerprint density at radius 2 is 1.90 bits per heavy atom. The highest BCUT2D eigenvalue weighted by Gasteiger charge is 2.14. The van der Waals surface area contributed by atoms with Gasteiger partial charge in [0, 0.05) is 27.5 Å². The van der Waals surface area contributed by atoms with Crippen molar-refractivity contribution in [3.05, 3.63) is 61.0 Å². The van der Waals surface area contributed by atoms with E-state index in [1.165, 1.54) is 18.2 Å². The highest BCUT2D eigenvalue weighted by Crippen LogP contribution is 2.28. The summed E-state index contributed by atoms with van der Waals surface area (Å²) in [5, 5.41) is 13.5. The van der Waals surface area contributed by atoms with E-state index in [1.807, 2.05) is 0 Å². The fraction of sp³-hybridized carbons (Fsp3) is 0. The molecule has 0 spiro atoms. The molecule has 2 rings (SSSR count). The Hall–Kier alpha value is -1.93. The van der Waals surface area contributed by atoms with Crippen LogP contribution in [0.3, 0.4) is 0 Å². The first-order valence-corrected chi connectivity index (χ1v) is 7.27. The number of rotatable bonds is 3. The third-order valence-electron chi connectivity index (χ3n) is 2.58. The van der Waals surface area contributed by atoms with E-state index in [1.54, 1.807) is 18.2 Å². The Morgan fingerprint density at radius 3 is 2.52 bits per heavy atom. The van der Waals surface area contributed by atoms with Crippen molar-refractivity contribution < 1.29 is 9.72 Å². The number of hydrogen-bond donors (Lipinski definition) is 2. The quantitative estimate of drug-likeness (QED) is 0.451. The molecule has 108 valence electrons. The maximum absolute atomic E-state index is 12.1. The summed E-state index contributed by atoms with van der Waals surface area (Å²) >= 11 is 6.34. The molecule has 0 aliphatic heterocycles. The molecule has 6 nitrogen and oxygen atoms in total. The predicted octanol–water partition coefficient (Wildman–Crippen LogP) is 3.95. The number of nitrogen functional groups attached to an aromatic ring is 1. The highest BCUT2D eigenvalue weighted by atomic mass is 79.9. The molecular formula is C13H9Br2N3O3. The lowest BCUT2D eigenvalue weighted by atomic mass is 10.2. The summed E-state index contributed by atoms with van der Waals surface area (Å²) in [5.74, 6) is -0.403. The van der Waals surface area contributed by atoms with Crippen molar-refractivity contribution >= 4 is 54.8 Å². The number of halogens is 2. The van der Waals surface area contributed by atoms with Crippen molar-refractivity contribution in [1.29, 1.82) is 0 Å². The lowest BCUT2D eigenvalue weighted by Gasteiger charge is -2.07. The van der Waals surface area contributed by atoms with E-state index >= 15 is 0 Å². The number of nitro benzene ring substituents is 1. The second-order valence-electron chi connectivity index (χ2n) is 4.15. The number of amides is 1. The van der Waals surface area contributed by atoms with Gasteiger partial charge in [-0.3, -0.25) is 14.9 Å². The van der Waals surface area contributed by atoms with Crippen LogP contribution in [-0.2, 0) is 0 Å². The number of anilines is 2. The van der Waals surface area contributed by atoms with Gasteiger partial charge in [0.05, 0.1) is 9.40 Å². The lowest BCUT2D eigenvalue weighted by molar-refractivity contribution is -0.385. The molecular weight excluding hydrogens is 406 g/mol. The van der Waals surface area contributed by atoms with Crippen LogP contribution in [0.2, 0.25) is 0 Å². The van der Waals surface area contributed by atoms with Gasteiger partial charge in [0.25, 0.3) is 11.6 Å². The molecule has 3 N–H and O–H groups in total. The molecule has 0 aliphatic rings. The van der Waals surface area contributed by atoms with Crippen LogP contribution in [0.15, 0.2) is 45.3 Å². The summed E-state index contributed by atoms with van der Waals surface area (Å²) in [7, 11) is 0. The third kappa shape index (κ3) is 3.79. The van der Waals surface area contributed by atoms with Crippen molar-refractivity contribution in [2.24, 2.45) is 0 Å². The smallest absolute Gasteiger partial charge is 0.285 e. The van der Waals surface area contributed by atoms with Crippen molar-refractivity contribution in [1.82, 2.24) is 0 Å². The molecule has 0 radical (unpaired) electrons. The average Bonchev–Trinajstić information content (AvgIpc) is 2.39. The van der Waals surface area contributed by atoms with Crippen LogP contribution in [0.1, 0.15) is 10.4 Å². The zero-order valence-corrected chi connectivity index (χ0v) is 13.6. The van der Waals surface area contributed by atoms with E-state index < -0.39 is 10.8 Å². The Balaban J connectivity index is 2.27. The Bertz CT molecular complexity index is 714. The summed E-state index contributed by atoms with van der Waals surface area (Å²) in [6, 6.07) is 9.15. The van der Waals surface area contributed by atoms with Crippen molar-refractivity contribution in [2.45, 2.75) is 0 Å². The molecule has 0 saturated heterocycles. The second-order valence-corrected chi connectivity index (χ2v) is 5.92. The van der Waals surface area contributed by atoms with E-state index in [-0.39, 0.29) is 5.69 Å². The fourth-order valence-corrected chi connectivity index (χ4v) is 2.58. The number of benzene rings is 2. The van der Waals surface area contributed by atoms with Crippen molar-refractivity contribution in [2.75, 3.05) is 11.1 Å². The molecule has 0 bridgehead atoms. The first kappa shape index (κ1) is 15.5. The average molecular weight is 415 g/mol. The van der Waals surface area contributed by atoms with Gasteiger partial charge in [-0.15, -0.1) is 0 Å². The molecule has 0 fully saturated rings. The molecule has 0 aromatic heterocycles. The molecule has 0 heterocycles. The van der Waals surface area contributed by atoms with Crippen LogP contribution in [0, 0.1) is 10.1 Å². The van der Waals surface area contributed by atoms with Gasteiger partial charge in [-0.1, -0.05) is 15.9 Å². The SMILES string of the molecule is Nc1cc(Br)cc(C(=O)Nc2ccc(Br)c([N+](=O)[O-])c2)c1. The normalized spacial score (nSPS) is 10.2. The number of nitro groups is 1. The van der Waals surface area contributed by atoms with Gasteiger partial charge in [-0.2, -0.15) is 0 Å². The molecule has 8 heteroatoms. The maximum atomic E-state index is 12.1. The molecule has 0 saturated carbocycles. The summed E-state index contributed by atoms with van der Waals surface area (Å²) in [5.41, 5.74) is 6.67. The van der Waals surface area contributed by atoms with Gasteiger partial charge in [0.2, 0.25) is 0 Å². The van der Waals surface area contributed by atoms with Gasteiger partial charge in [0.1, 0.15) is 0 Å². The van der Waals surface area contributed by atoms with Crippen LogP contribution in [0.5, 0.6) is 0 Å². The summed E-state index contributed by atoms with van der Waals surface area (Å²) < 4.78 is 1.02. The second kappa shape index (κ2) is 6.23. The van der Waals surface area contributed by atoms with Crippen LogP contribution >= 0.6 is 31.9 Å². The third-order valence-corrected chi connectivity index (χ3v) is 3.71. The molecule has 2 aromatic carbocycles. The number of nitrogens with zero attached hydrogens (tertiary/aromatic N) is 1. The van der Waals surface area contributed by atoms with E-state index in [0.717, 1.165) is 0 Å². The number of nitrogens with two attached hydrogens (primary N) is 1. The molecule has 1 amide bonds. The summed E-state index contributed by atoms with van der Waals surface area (Å²) in [4.78, 5) is 22.4. The Labute approximate surface area is 136 Å². The summed E-state index contributed by atoms with van der Waals surface area (Å²) in [6.07, 6.45) is 0. The summed E-state index contributed by atoms with van der Waals surface area (Å²) in [6.45, 7) is 0. The van der Waals surface area contributed by atoms with Gasteiger partial charge >= 0.3 is 0 Å².